The Morgan fingerprint density at radius 3 is 2.38 bits per heavy atom. The van der Waals surface area contributed by atoms with E-state index in [4.69, 9.17) is 5.11 Å². The van der Waals surface area contributed by atoms with Crippen LogP contribution in [0.5, 0.6) is 0 Å². The molecule has 0 aliphatic heterocycles. The second-order valence-corrected chi connectivity index (χ2v) is 6.83. The van der Waals surface area contributed by atoms with Crippen molar-refractivity contribution in [2.24, 2.45) is 11.8 Å². The van der Waals surface area contributed by atoms with Gasteiger partial charge >= 0.3 is 12.1 Å². The van der Waals surface area contributed by atoms with Crippen molar-refractivity contribution in [1.29, 1.82) is 0 Å². The quantitative estimate of drug-likeness (QED) is 0.772. The normalized spacial score (nSPS) is 30.7. The lowest BCUT2D eigenvalue weighted by molar-refractivity contribution is -0.198. The Morgan fingerprint density at radius 2 is 1.83 bits per heavy atom. The van der Waals surface area contributed by atoms with Crippen LogP contribution in [0.3, 0.4) is 0 Å². The molecule has 2 atom stereocenters. The number of carboxylic acids is 1. The van der Waals surface area contributed by atoms with Gasteiger partial charge in [-0.1, -0.05) is 19.8 Å². The number of likely N-dealkylation sites (N-methyl/N-ethyl adjacent to an activating group) is 1. The van der Waals surface area contributed by atoms with Gasteiger partial charge in [-0.2, -0.15) is 13.2 Å². The minimum atomic E-state index is -4.33. The lowest BCUT2D eigenvalue weighted by Crippen LogP contribution is -2.56. The molecule has 2 saturated carbocycles. The summed E-state index contributed by atoms with van der Waals surface area (Å²) in [5.74, 6) is -3.93. The van der Waals surface area contributed by atoms with Crippen LogP contribution < -0.4 is 5.32 Å². The zero-order chi connectivity index (χ0) is 17.9. The molecule has 0 saturated heterocycles. The van der Waals surface area contributed by atoms with Crippen molar-refractivity contribution >= 4 is 11.9 Å². The van der Waals surface area contributed by atoms with Crippen LogP contribution in [0, 0.1) is 11.8 Å². The van der Waals surface area contributed by atoms with E-state index >= 15 is 0 Å². The standard InChI is InChI=1S/C16H25F3N2O3/c1-2-21(9-14(22)23)11-7-10(8-11)20-15(24)12-5-3-4-6-13(12)16(17,18)19/h10-13H,2-9H2,1H3,(H,20,24)(H,22,23). The van der Waals surface area contributed by atoms with Crippen LogP contribution in [0.25, 0.3) is 0 Å². The number of carboxylic acid groups (broad SMARTS) is 1. The first-order valence-electron chi connectivity index (χ1n) is 8.55. The maximum Gasteiger partial charge on any atom is 0.392 e. The molecule has 0 aromatic heterocycles. The predicted octanol–water partition coefficient (Wildman–Crippen LogP) is 2.41. The van der Waals surface area contributed by atoms with Gasteiger partial charge in [-0.25, -0.2) is 0 Å². The van der Waals surface area contributed by atoms with Crippen molar-refractivity contribution < 1.29 is 27.9 Å². The number of alkyl halides is 3. The number of halogens is 3. The van der Waals surface area contributed by atoms with Crippen LogP contribution in [-0.2, 0) is 9.59 Å². The van der Waals surface area contributed by atoms with E-state index in [9.17, 15) is 22.8 Å². The summed E-state index contributed by atoms with van der Waals surface area (Å²) in [5, 5.41) is 11.6. The molecule has 0 radical (unpaired) electrons. The van der Waals surface area contributed by atoms with Gasteiger partial charge in [-0.3, -0.25) is 14.5 Å². The average molecular weight is 350 g/mol. The van der Waals surface area contributed by atoms with Crippen molar-refractivity contribution in [3.63, 3.8) is 0 Å². The van der Waals surface area contributed by atoms with Crippen LogP contribution in [0.15, 0.2) is 0 Å². The number of hydrogen-bond acceptors (Lipinski definition) is 3. The minimum Gasteiger partial charge on any atom is -0.480 e. The average Bonchev–Trinajstić information content (AvgIpc) is 2.47. The molecule has 0 heterocycles. The Labute approximate surface area is 139 Å². The first kappa shape index (κ1) is 19.0. The van der Waals surface area contributed by atoms with Gasteiger partial charge in [0.25, 0.3) is 0 Å². The molecule has 2 unspecified atom stereocenters. The van der Waals surface area contributed by atoms with Crippen molar-refractivity contribution in [2.45, 2.75) is 63.7 Å². The van der Waals surface area contributed by atoms with Crippen molar-refractivity contribution in [1.82, 2.24) is 10.2 Å². The predicted molar refractivity (Wildman–Crippen MR) is 81.3 cm³/mol. The summed E-state index contributed by atoms with van der Waals surface area (Å²) in [6, 6.07) is -0.0812. The third-order valence-corrected chi connectivity index (χ3v) is 5.24. The summed E-state index contributed by atoms with van der Waals surface area (Å²) in [4.78, 5) is 24.9. The number of amides is 1. The van der Waals surface area contributed by atoms with Crippen LogP contribution >= 0.6 is 0 Å². The highest BCUT2D eigenvalue weighted by Crippen LogP contribution is 2.41. The molecule has 5 nitrogen and oxygen atoms in total. The highest BCUT2D eigenvalue weighted by atomic mass is 19.4. The Balaban J connectivity index is 1.84. The molecule has 2 N–H and O–H groups in total. The van der Waals surface area contributed by atoms with Gasteiger partial charge in [0.1, 0.15) is 0 Å². The summed E-state index contributed by atoms with van der Waals surface area (Å²) >= 11 is 0. The molecule has 8 heteroatoms. The third kappa shape index (κ3) is 4.62. The lowest BCUT2D eigenvalue weighted by atomic mass is 9.77. The van der Waals surface area contributed by atoms with Gasteiger partial charge in [0.05, 0.1) is 12.5 Å². The molecule has 24 heavy (non-hydrogen) atoms. The molecule has 138 valence electrons. The highest BCUT2D eigenvalue weighted by molar-refractivity contribution is 5.79. The minimum absolute atomic E-state index is 0.0249. The van der Waals surface area contributed by atoms with E-state index in [2.05, 4.69) is 5.32 Å². The largest absolute Gasteiger partial charge is 0.480 e. The van der Waals surface area contributed by atoms with E-state index in [1.165, 1.54) is 0 Å². The van der Waals surface area contributed by atoms with Crippen molar-refractivity contribution in [2.75, 3.05) is 13.1 Å². The number of carbonyl (C=O) groups is 2. The van der Waals surface area contributed by atoms with E-state index in [1.807, 2.05) is 11.8 Å². The zero-order valence-electron chi connectivity index (χ0n) is 13.8. The Bertz CT molecular complexity index is 464. The fourth-order valence-electron chi connectivity index (χ4n) is 3.82. The number of rotatable bonds is 6. The zero-order valence-corrected chi connectivity index (χ0v) is 13.8. The fourth-order valence-corrected chi connectivity index (χ4v) is 3.82. The number of hydrogen-bond donors (Lipinski definition) is 2. The molecule has 2 aliphatic carbocycles. The van der Waals surface area contributed by atoms with Gasteiger partial charge in [-0.15, -0.1) is 0 Å². The number of nitrogens with one attached hydrogen (secondary N) is 1. The van der Waals surface area contributed by atoms with Crippen molar-refractivity contribution in [3.8, 4) is 0 Å². The van der Waals surface area contributed by atoms with Gasteiger partial charge in [0.15, 0.2) is 0 Å². The summed E-state index contributed by atoms with van der Waals surface area (Å²) in [6.45, 7) is 2.40. The SMILES string of the molecule is CCN(CC(=O)O)C1CC(NC(=O)C2CCCCC2C(F)(F)F)C1. The first-order valence-corrected chi connectivity index (χ1v) is 8.55. The van der Waals surface area contributed by atoms with Crippen LogP contribution in [-0.4, -0.2) is 53.2 Å². The number of aliphatic carboxylic acids is 1. The van der Waals surface area contributed by atoms with E-state index < -0.39 is 29.9 Å². The molecular weight excluding hydrogens is 325 g/mol. The molecule has 0 aromatic carbocycles. The van der Waals surface area contributed by atoms with Crippen LogP contribution in [0.1, 0.15) is 45.4 Å². The second kappa shape index (κ2) is 7.72. The summed E-state index contributed by atoms with van der Waals surface area (Å²) in [6.07, 6.45) is -1.67. The molecule has 2 rings (SSSR count). The second-order valence-electron chi connectivity index (χ2n) is 6.83. The first-order chi connectivity index (χ1) is 11.2. The molecule has 1 amide bonds. The number of carbonyl (C=O) groups excluding carboxylic acids is 1. The van der Waals surface area contributed by atoms with E-state index in [1.54, 1.807) is 0 Å². The highest BCUT2D eigenvalue weighted by Gasteiger charge is 2.48. The molecular formula is C16H25F3N2O3. The van der Waals surface area contributed by atoms with Crippen LogP contribution in [0.4, 0.5) is 13.2 Å². The Morgan fingerprint density at radius 1 is 1.21 bits per heavy atom. The maximum absolute atomic E-state index is 13.1. The van der Waals surface area contributed by atoms with Gasteiger partial charge in [0, 0.05) is 18.0 Å². The summed E-state index contributed by atoms with van der Waals surface area (Å²) in [7, 11) is 0. The molecule has 2 fully saturated rings. The molecule has 0 bridgehead atoms. The monoisotopic (exact) mass is 350 g/mol. The molecule has 0 spiro atoms. The Kier molecular flexibility index (Phi) is 6.11. The summed E-state index contributed by atoms with van der Waals surface area (Å²) < 4.78 is 39.2. The van der Waals surface area contributed by atoms with Gasteiger partial charge in [-0.05, 0) is 32.2 Å². The van der Waals surface area contributed by atoms with E-state index in [-0.39, 0.29) is 31.5 Å². The summed E-state index contributed by atoms with van der Waals surface area (Å²) in [5.41, 5.74) is 0. The molecule has 0 aromatic rings. The third-order valence-electron chi connectivity index (χ3n) is 5.24. The van der Waals surface area contributed by atoms with Gasteiger partial charge in [0.2, 0.25) is 5.91 Å². The van der Waals surface area contributed by atoms with Crippen LogP contribution in [0.2, 0.25) is 0 Å². The lowest BCUT2D eigenvalue weighted by Gasteiger charge is -2.43. The number of nitrogens with zero attached hydrogens (tertiary/aromatic N) is 1. The Hall–Kier alpha value is -1.31. The topological polar surface area (TPSA) is 69.6 Å². The fraction of sp³-hybridized carbons (Fsp3) is 0.875. The van der Waals surface area contributed by atoms with Crippen molar-refractivity contribution in [3.05, 3.63) is 0 Å². The van der Waals surface area contributed by atoms with E-state index in [0.717, 1.165) is 0 Å². The smallest absolute Gasteiger partial charge is 0.392 e. The molecule has 2 aliphatic rings. The van der Waals surface area contributed by atoms with E-state index in [0.29, 0.717) is 32.2 Å². The maximum atomic E-state index is 13.1. The van der Waals surface area contributed by atoms with Gasteiger partial charge < -0.3 is 10.4 Å².